The number of hydrogen-bond acceptors (Lipinski definition) is 4. The lowest BCUT2D eigenvalue weighted by molar-refractivity contribution is -0.134. The molecule has 0 aromatic heterocycles. The maximum atomic E-state index is 12.4. The number of sulfone groups is 1. The first-order valence-electron chi connectivity index (χ1n) is 10.1. The number of carbonyl (C=O) groups excluding carboxylic acids is 1. The Labute approximate surface area is 173 Å². The number of ether oxygens (including phenoxy) is 1. The fourth-order valence-corrected chi connectivity index (χ4v) is 5.81. The molecular formula is C23H29NO4S. The smallest absolute Gasteiger partial charge is 0.260 e. The van der Waals surface area contributed by atoms with Crippen molar-refractivity contribution >= 4 is 15.7 Å². The summed E-state index contributed by atoms with van der Waals surface area (Å²) in [6.07, 6.45) is 1.01. The molecule has 5 nitrogen and oxygen atoms in total. The van der Waals surface area contributed by atoms with Crippen molar-refractivity contribution in [2.45, 2.75) is 31.9 Å². The summed E-state index contributed by atoms with van der Waals surface area (Å²) in [5, 5.41) is -0.333. The first-order valence-corrected chi connectivity index (χ1v) is 11.8. The highest BCUT2D eigenvalue weighted by molar-refractivity contribution is 7.92. The van der Waals surface area contributed by atoms with Crippen molar-refractivity contribution in [3.05, 3.63) is 54.6 Å². The van der Waals surface area contributed by atoms with Gasteiger partial charge in [-0.15, -0.1) is 0 Å². The zero-order valence-electron chi connectivity index (χ0n) is 17.1. The Kier molecular flexibility index (Phi) is 6.96. The average molecular weight is 416 g/mol. The average Bonchev–Trinajstić information content (AvgIpc) is 2.72. The number of carbonyl (C=O) groups is 1. The van der Waals surface area contributed by atoms with Crippen molar-refractivity contribution in [3.8, 4) is 16.9 Å². The molecule has 0 atom stereocenters. The molecule has 1 heterocycles. The maximum Gasteiger partial charge on any atom is 0.260 e. The molecule has 1 aliphatic heterocycles. The Morgan fingerprint density at radius 3 is 2.17 bits per heavy atom. The Bertz CT molecular complexity index is 900. The molecular weight excluding hydrogens is 386 g/mol. The number of piperidine rings is 1. The van der Waals surface area contributed by atoms with E-state index in [9.17, 15) is 13.2 Å². The van der Waals surface area contributed by atoms with Gasteiger partial charge >= 0.3 is 0 Å². The van der Waals surface area contributed by atoms with Crippen molar-refractivity contribution in [2.24, 2.45) is 5.92 Å². The lowest BCUT2D eigenvalue weighted by Gasteiger charge is -2.32. The van der Waals surface area contributed by atoms with Gasteiger partial charge in [0.1, 0.15) is 5.75 Å². The molecule has 0 bridgehead atoms. The minimum atomic E-state index is -3.08. The van der Waals surface area contributed by atoms with E-state index in [0.29, 0.717) is 31.7 Å². The molecule has 0 unspecified atom stereocenters. The van der Waals surface area contributed by atoms with Gasteiger partial charge in [-0.2, -0.15) is 0 Å². The van der Waals surface area contributed by atoms with E-state index in [0.717, 1.165) is 11.1 Å². The Hall–Kier alpha value is -2.34. The van der Waals surface area contributed by atoms with Crippen LogP contribution in [-0.2, 0) is 14.6 Å². The van der Waals surface area contributed by atoms with Crippen LogP contribution in [0.5, 0.6) is 5.75 Å². The molecule has 1 saturated heterocycles. The van der Waals surface area contributed by atoms with E-state index in [2.05, 4.69) is 0 Å². The molecule has 2 aromatic carbocycles. The monoisotopic (exact) mass is 415 g/mol. The highest BCUT2D eigenvalue weighted by Gasteiger charge is 2.31. The molecule has 29 heavy (non-hydrogen) atoms. The topological polar surface area (TPSA) is 63.7 Å². The number of hydrogen-bond donors (Lipinski definition) is 0. The van der Waals surface area contributed by atoms with E-state index >= 15 is 0 Å². The lowest BCUT2D eigenvalue weighted by Crippen LogP contribution is -2.45. The molecule has 1 fully saturated rings. The van der Waals surface area contributed by atoms with Crippen molar-refractivity contribution in [2.75, 3.05) is 25.4 Å². The Morgan fingerprint density at radius 1 is 1.00 bits per heavy atom. The fourth-order valence-electron chi connectivity index (χ4n) is 3.68. The molecule has 2 aromatic rings. The summed E-state index contributed by atoms with van der Waals surface area (Å²) in [7, 11) is -3.08. The standard InChI is InChI=1S/C23H29NO4S/c1-18(2)17-29(26,27)22-12-14-24(15-13-22)23(25)16-28-21-10-8-20(9-11-21)19-6-4-3-5-7-19/h3-11,18,22H,12-17H2,1-2H3. The van der Waals surface area contributed by atoms with Gasteiger partial charge in [0.15, 0.2) is 16.4 Å². The Morgan fingerprint density at radius 2 is 1.59 bits per heavy atom. The molecule has 0 aliphatic carbocycles. The third-order valence-electron chi connectivity index (χ3n) is 5.19. The van der Waals surface area contributed by atoms with E-state index in [1.54, 1.807) is 4.90 Å². The summed E-state index contributed by atoms with van der Waals surface area (Å²) < 4.78 is 30.4. The fraction of sp³-hybridized carbons (Fsp3) is 0.435. The summed E-state index contributed by atoms with van der Waals surface area (Å²) in [5.41, 5.74) is 2.22. The first-order chi connectivity index (χ1) is 13.8. The normalized spacial score (nSPS) is 15.5. The van der Waals surface area contributed by atoms with Gasteiger partial charge in [0.25, 0.3) is 5.91 Å². The van der Waals surface area contributed by atoms with E-state index in [1.165, 1.54) is 0 Å². The molecule has 0 radical (unpaired) electrons. The number of rotatable bonds is 7. The van der Waals surface area contributed by atoms with Crippen LogP contribution in [-0.4, -0.2) is 49.9 Å². The lowest BCUT2D eigenvalue weighted by atomic mass is 10.1. The van der Waals surface area contributed by atoms with Gasteiger partial charge in [0, 0.05) is 13.1 Å². The zero-order valence-corrected chi connectivity index (χ0v) is 17.9. The zero-order chi connectivity index (χ0) is 20.9. The van der Waals surface area contributed by atoms with E-state index in [-0.39, 0.29) is 29.4 Å². The Balaban J connectivity index is 1.48. The van der Waals surface area contributed by atoms with Crippen LogP contribution in [0, 0.1) is 5.92 Å². The molecule has 0 saturated carbocycles. The number of amides is 1. The van der Waals surface area contributed by atoms with Crippen LogP contribution in [0.25, 0.3) is 11.1 Å². The molecule has 3 rings (SSSR count). The summed E-state index contributed by atoms with van der Waals surface area (Å²) in [6, 6.07) is 17.7. The van der Waals surface area contributed by atoms with Crippen molar-refractivity contribution < 1.29 is 17.9 Å². The molecule has 0 N–H and O–H groups in total. The first kappa shape index (κ1) is 21.4. The van der Waals surface area contributed by atoms with Crippen LogP contribution >= 0.6 is 0 Å². The minimum absolute atomic E-state index is 0.0336. The minimum Gasteiger partial charge on any atom is -0.484 e. The molecule has 156 valence electrons. The van der Waals surface area contributed by atoms with Gasteiger partial charge in [-0.3, -0.25) is 4.79 Å². The highest BCUT2D eigenvalue weighted by atomic mass is 32.2. The van der Waals surface area contributed by atoms with Gasteiger partial charge < -0.3 is 9.64 Å². The molecule has 6 heteroatoms. The van der Waals surface area contributed by atoms with Crippen LogP contribution in [0.1, 0.15) is 26.7 Å². The molecule has 1 aliphatic rings. The third-order valence-corrected chi connectivity index (χ3v) is 7.81. The highest BCUT2D eigenvalue weighted by Crippen LogP contribution is 2.23. The number of likely N-dealkylation sites (tertiary alicyclic amines) is 1. The van der Waals surface area contributed by atoms with Gasteiger partial charge in [0.05, 0.1) is 11.0 Å². The van der Waals surface area contributed by atoms with E-state index in [1.807, 2.05) is 68.4 Å². The van der Waals surface area contributed by atoms with Gasteiger partial charge in [-0.05, 0) is 42.0 Å². The summed E-state index contributed by atoms with van der Waals surface area (Å²) in [5.74, 6) is 0.888. The van der Waals surface area contributed by atoms with Crippen LogP contribution in [0.3, 0.4) is 0 Å². The molecule has 0 spiro atoms. The quantitative estimate of drug-likeness (QED) is 0.690. The van der Waals surface area contributed by atoms with E-state index < -0.39 is 9.84 Å². The SMILES string of the molecule is CC(C)CS(=O)(=O)C1CCN(C(=O)COc2ccc(-c3ccccc3)cc2)CC1. The van der Waals surface area contributed by atoms with Crippen LogP contribution < -0.4 is 4.74 Å². The summed E-state index contributed by atoms with van der Waals surface area (Å²) in [6.45, 7) is 4.74. The predicted octanol–water partition coefficient (Wildman–Crippen LogP) is 3.79. The van der Waals surface area contributed by atoms with Crippen molar-refractivity contribution in [3.63, 3.8) is 0 Å². The van der Waals surface area contributed by atoms with Gasteiger partial charge in [-0.25, -0.2) is 8.42 Å². The van der Waals surface area contributed by atoms with Gasteiger partial charge in [0.2, 0.25) is 0 Å². The van der Waals surface area contributed by atoms with E-state index in [4.69, 9.17) is 4.74 Å². The maximum absolute atomic E-state index is 12.4. The third kappa shape index (κ3) is 5.82. The summed E-state index contributed by atoms with van der Waals surface area (Å²) in [4.78, 5) is 14.2. The second kappa shape index (κ2) is 9.44. The second-order valence-electron chi connectivity index (χ2n) is 7.98. The molecule has 1 amide bonds. The van der Waals surface area contributed by atoms with Crippen LogP contribution in [0.15, 0.2) is 54.6 Å². The van der Waals surface area contributed by atoms with Crippen LogP contribution in [0.4, 0.5) is 0 Å². The largest absolute Gasteiger partial charge is 0.484 e. The van der Waals surface area contributed by atoms with Gasteiger partial charge in [-0.1, -0.05) is 56.3 Å². The van der Waals surface area contributed by atoms with Crippen molar-refractivity contribution in [1.29, 1.82) is 0 Å². The summed E-state index contributed by atoms with van der Waals surface area (Å²) >= 11 is 0. The van der Waals surface area contributed by atoms with Crippen LogP contribution in [0.2, 0.25) is 0 Å². The second-order valence-corrected chi connectivity index (χ2v) is 10.3. The predicted molar refractivity (Wildman–Crippen MR) is 116 cm³/mol. The van der Waals surface area contributed by atoms with Crippen molar-refractivity contribution in [1.82, 2.24) is 4.90 Å². The number of benzene rings is 2. The number of nitrogens with zero attached hydrogens (tertiary/aromatic N) is 1.